The minimum Gasteiger partial charge on any atom is -0.367 e. The lowest BCUT2D eigenvalue weighted by Crippen LogP contribution is -2.10. The number of nitrogens with zero attached hydrogens (tertiary/aromatic N) is 2. The average molecular weight is 334 g/mol. The molecule has 0 saturated heterocycles. The number of nitrogens with one attached hydrogen (secondary N) is 2. The predicted molar refractivity (Wildman–Crippen MR) is 104 cm³/mol. The van der Waals surface area contributed by atoms with Crippen molar-refractivity contribution in [2.45, 2.75) is 51.0 Å². The van der Waals surface area contributed by atoms with Gasteiger partial charge in [-0.1, -0.05) is 42.0 Å². The number of allylic oxidation sites excluding steroid dienone is 1. The van der Waals surface area contributed by atoms with E-state index in [1.165, 1.54) is 38.5 Å². The zero-order valence-electron chi connectivity index (χ0n) is 14.7. The van der Waals surface area contributed by atoms with Gasteiger partial charge in [-0.15, -0.1) is 0 Å². The third-order valence-electron chi connectivity index (χ3n) is 4.84. The second kappa shape index (κ2) is 7.68. The number of anilines is 2. The molecule has 0 aliphatic heterocycles. The Labute approximate surface area is 149 Å². The molecule has 25 heavy (non-hydrogen) atoms. The first-order valence-corrected chi connectivity index (χ1v) is 9.50. The summed E-state index contributed by atoms with van der Waals surface area (Å²) < 4.78 is 0. The molecule has 0 unspecified atom stereocenters. The molecule has 1 saturated carbocycles. The monoisotopic (exact) mass is 334 g/mol. The highest BCUT2D eigenvalue weighted by molar-refractivity contribution is 5.64. The van der Waals surface area contributed by atoms with Gasteiger partial charge in [-0.25, -0.2) is 4.98 Å². The molecule has 0 atom stereocenters. The highest BCUT2D eigenvalue weighted by Gasteiger charge is 2.22. The molecule has 1 heterocycles. The molecule has 2 aromatic rings. The van der Waals surface area contributed by atoms with Crippen molar-refractivity contribution in [2.24, 2.45) is 0 Å². The zero-order valence-corrected chi connectivity index (χ0v) is 14.7. The Morgan fingerprint density at radius 1 is 1.04 bits per heavy atom. The molecule has 2 aliphatic carbocycles. The Kier molecular flexibility index (Phi) is 4.96. The van der Waals surface area contributed by atoms with Crippen LogP contribution in [-0.2, 0) is 0 Å². The molecule has 1 aromatic carbocycles. The van der Waals surface area contributed by atoms with E-state index in [1.807, 2.05) is 18.2 Å². The fourth-order valence-electron chi connectivity index (χ4n) is 3.26. The van der Waals surface area contributed by atoms with Crippen LogP contribution in [0, 0.1) is 0 Å². The number of benzene rings is 1. The van der Waals surface area contributed by atoms with Crippen LogP contribution in [-0.4, -0.2) is 22.6 Å². The van der Waals surface area contributed by atoms with Crippen LogP contribution in [0.15, 0.2) is 48.0 Å². The summed E-state index contributed by atoms with van der Waals surface area (Å²) >= 11 is 0. The SMILES string of the molecule is C1=C(CCNc2nc(NC3CC3)cc(-c3ccccc3)n2)CCCC1. The van der Waals surface area contributed by atoms with Crippen molar-refractivity contribution in [1.82, 2.24) is 9.97 Å². The van der Waals surface area contributed by atoms with E-state index in [0.717, 1.165) is 36.0 Å². The smallest absolute Gasteiger partial charge is 0.225 e. The van der Waals surface area contributed by atoms with Crippen molar-refractivity contribution in [3.8, 4) is 11.3 Å². The van der Waals surface area contributed by atoms with Crippen LogP contribution in [0.5, 0.6) is 0 Å². The lowest BCUT2D eigenvalue weighted by Gasteiger charge is -2.14. The summed E-state index contributed by atoms with van der Waals surface area (Å²) in [7, 11) is 0. The fraction of sp³-hybridized carbons (Fsp3) is 0.429. The molecule has 4 nitrogen and oxygen atoms in total. The van der Waals surface area contributed by atoms with Crippen LogP contribution in [0.4, 0.5) is 11.8 Å². The summed E-state index contributed by atoms with van der Waals surface area (Å²) in [6.45, 7) is 0.896. The summed E-state index contributed by atoms with van der Waals surface area (Å²) in [6.07, 6.45) is 11.1. The Bertz CT molecular complexity index is 735. The van der Waals surface area contributed by atoms with Crippen molar-refractivity contribution in [1.29, 1.82) is 0 Å². The van der Waals surface area contributed by atoms with Gasteiger partial charge in [0.2, 0.25) is 5.95 Å². The highest BCUT2D eigenvalue weighted by atomic mass is 15.2. The van der Waals surface area contributed by atoms with Gasteiger partial charge in [-0.3, -0.25) is 0 Å². The maximum Gasteiger partial charge on any atom is 0.225 e. The van der Waals surface area contributed by atoms with E-state index in [-0.39, 0.29) is 0 Å². The zero-order chi connectivity index (χ0) is 16.9. The van der Waals surface area contributed by atoms with Crippen molar-refractivity contribution >= 4 is 11.8 Å². The van der Waals surface area contributed by atoms with Gasteiger partial charge >= 0.3 is 0 Å². The molecule has 1 aromatic heterocycles. The van der Waals surface area contributed by atoms with Crippen LogP contribution in [0.2, 0.25) is 0 Å². The van der Waals surface area contributed by atoms with Crippen LogP contribution in [0.3, 0.4) is 0 Å². The van der Waals surface area contributed by atoms with Gasteiger partial charge in [0.05, 0.1) is 5.69 Å². The quantitative estimate of drug-likeness (QED) is 0.698. The normalized spacial score (nSPS) is 17.0. The molecule has 0 bridgehead atoms. The van der Waals surface area contributed by atoms with E-state index in [2.05, 4.69) is 39.9 Å². The van der Waals surface area contributed by atoms with Gasteiger partial charge in [0.1, 0.15) is 5.82 Å². The molecular weight excluding hydrogens is 308 g/mol. The molecule has 4 heteroatoms. The Hall–Kier alpha value is -2.36. The van der Waals surface area contributed by atoms with Crippen molar-refractivity contribution < 1.29 is 0 Å². The van der Waals surface area contributed by atoms with E-state index in [1.54, 1.807) is 5.57 Å². The molecule has 0 amide bonds. The number of hydrogen-bond donors (Lipinski definition) is 2. The maximum absolute atomic E-state index is 4.73. The lowest BCUT2D eigenvalue weighted by atomic mass is 9.97. The largest absolute Gasteiger partial charge is 0.367 e. The van der Waals surface area contributed by atoms with Crippen LogP contribution < -0.4 is 10.6 Å². The second-order valence-corrected chi connectivity index (χ2v) is 7.03. The van der Waals surface area contributed by atoms with Gasteiger partial charge in [-0.05, 0) is 44.9 Å². The topological polar surface area (TPSA) is 49.8 Å². The number of rotatable bonds is 7. The molecule has 0 radical (unpaired) electrons. The van der Waals surface area contributed by atoms with Gasteiger partial charge in [0.15, 0.2) is 0 Å². The van der Waals surface area contributed by atoms with Crippen molar-refractivity contribution in [2.75, 3.05) is 17.2 Å². The first kappa shape index (κ1) is 16.1. The van der Waals surface area contributed by atoms with Gasteiger partial charge < -0.3 is 10.6 Å². The summed E-state index contributed by atoms with van der Waals surface area (Å²) in [5.41, 5.74) is 3.68. The van der Waals surface area contributed by atoms with Gasteiger partial charge in [0.25, 0.3) is 0 Å². The third kappa shape index (κ3) is 4.59. The minimum absolute atomic E-state index is 0.582. The van der Waals surface area contributed by atoms with Crippen molar-refractivity contribution in [3.05, 3.63) is 48.0 Å². The molecular formula is C21H26N4. The van der Waals surface area contributed by atoms with E-state index < -0.39 is 0 Å². The van der Waals surface area contributed by atoms with Crippen LogP contribution in [0.1, 0.15) is 44.9 Å². The molecule has 1 fully saturated rings. The van der Waals surface area contributed by atoms with Gasteiger partial charge in [-0.2, -0.15) is 4.98 Å². The van der Waals surface area contributed by atoms with Gasteiger partial charge in [0, 0.05) is 24.2 Å². The highest BCUT2D eigenvalue weighted by Crippen LogP contribution is 2.27. The van der Waals surface area contributed by atoms with Crippen LogP contribution >= 0.6 is 0 Å². The predicted octanol–water partition coefficient (Wildman–Crippen LogP) is 5.02. The minimum atomic E-state index is 0.582. The molecule has 4 rings (SSSR count). The Balaban J connectivity index is 1.48. The maximum atomic E-state index is 4.73. The molecule has 0 spiro atoms. The van der Waals surface area contributed by atoms with E-state index in [0.29, 0.717) is 6.04 Å². The molecule has 2 aliphatic rings. The first-order chi connectivity index (χ1) is 12.4. The summed E-state index contributed by atoms with van der Waals surface area (Å²) in [5.74, 6) is 1.65. The van der Waals surface area contributed by atoms with E-state index >= 15 is 0 Å². The number of hydrogen-bond acceptors (Lipinski definition) is 4. The van der Waals surface area contributed by atoms with E-state index in [9.17, 15) is 0 Å². The average Bonchev–Trinajstić information content (AvgIpc) is 3.47. The standard InChI is InChI=1S/C21H26N4/c1-3-7-16(8-4-1)13-14-22-21-24-19(17-9-5-2-6-10-17)15-20(25-21)23-18-11-12-18/h2,5-7,9-10,15,18H,1,3-4,8,11-14H2,(H2,22,23,24,25). The second-order valence-electron chi connectivity index (χ2n) is 7.03. The first-order valence-electron chi connectivity index (χ1n) is 9.50. The number of aromatic nitrogens is 2. The third-order valence-corrected chi connectivity index (χ3v) is 4.84. The van der Waals surface area contributed by atoms with Crippen LogP contribution in [0.25, 0.3) is 11.3 Å². The lowest BCUT2D eigenvalue weighted by molar-refractivity contribution is 0.679. The van der Waals surface area contributed by atoms with E-state index in [4.69, 9.17) is 4.98 Å². The molecule has 130 valence electrons. The fourth-order valence-corrected chi connectivity index (χ4v) is 3.26. The van der Waals surface area contributed by atoms with Crippen molar-refractivity contribution in [3.63, 3.8) is 0 Å². The Morgan fingerprint density at radius 2 is 1.92 bits per heavy atom. The Morgan fingerprint density at radius 3 is 2.68 bits per heavy atom. The summed E-state index contributed by atoms with van der Waals surface area (Å²) in [4.78, 5) is 9.40. The summed E-state index contributed by atoms with van der Waals surface area (Å²) in [5, 5.41) is 6.94. The molecule has 2 N–H and O–H groups in total. The summed E-state index contributed by atoms with van der Waals surface area (Å²) in [6, 6.07) is 13.0.